The predicted molar refractivity (Wildman–Crippen MR) is 90.3 cm³/mol. The Bertz CT molecular complexity index is 866. The van der Waals surface area contributed by atoms with E-state index < -0.39 is 26.6 Å². The van der Waals surface area contributed by atoms with E-state index in [0.717, 1.165) is 29.6 Å². The maximum atomic E-state index is 13.8. The van der Waals surface area contributed by atoms with Crippen LogP contribution < -0.4 is 9.64 Å². The van der Waals surface area contributed by atoms with Crippen molar-refractivity contribution in [3.63, 3.8) is 0 Å². The highest BCUT2D eigenvalue weighted by Gasteiger charge is 2.31. The zero-order valence-corrected chi connectivity index (χ0v) is 14.5. The molecule has 5 nitrogen and oxygen atoms in total. The Kier molecular flexibility index (Phi) is 4.91. The summed E-state index contributed by atoms with van der Waals surface area (Å²) in [6.45, 7) is 1.28. The second-order valence-corrected chi connectivity index (χ2v) is 7.57. The van der Waals surface area contributed by atoms with Crippen LogP contribution in [0.4, 0.5) is 14.5 Å². The number of nitrogens with zero attached hydrogens (tertiary/aromatic N) is 2. The fraction of sp³-hybridized carbons (Fsp3) is 0.294. The van der Waals surface area contributed by atoms with E-state index in [0.29, 0.717) is 13.1 Å². The number of sulfonamides is 1. The predicted octanol–water partition coefficient (Wildman–Crippen LogP) is 2.48. The number of hydrogen-bond donors (Lipinski definition) is 0. The average Bonchev–Trinajstić information content (AvgIpc) is 2.63. The zero-order chi connectivity index (χ0) is 18.0. The molecule has 3 rings (SSSR count). The van der Waals surface area contributed by atoms with Gasteiger partial charge in [0.25, 0.3) is 0 Å². The molecule has 1 aliphatic rings. The Labute approximate surface area is 145 Å². The maximum absolute atomic E-state index is 13.8. The number of piperazine rings is 1. The first-order valence-corrected chi connectivity index (χ1v) is 9.20. The van der Waals surface area contributed by atoms with E-state index in [1.807, 2.05) is 29.2 Å². The average molecular weight is 368 g/mol. The highest BCUT2D eigenvalue weighted by molar-refractivity contribution is 7.89. The minimum atomic E-state index is -4.07. The summed E-state index contributed by atoms with van der Waals surface area (Å²) in [5, 5.41) is 0. The van der Waals surface area contributed by atoms with Gasteiger partial charge in [-0.25, -0.2) is 17.2 Å². The quantitative estimate of drug-likeness (QED) is 0.832. The van der Waals surface area contributed by atoms with Crippen molar-refractivity contribution >= 4 is 15.7 Å². The van der Waals surface area contributed by atoms with Gasteiger partial charge < -0.3 is 9.64 Å². The molecule has 0 bridgehead atoms. The lowest BCUT2D eigenvalue weighted by molar-refractivity contribution is 0.381. The van der Waals surface area contributed by atoms with Crippen LogP contribution in [0, 0.1) is 11.6 Å². The molecule has 1 aliphatic heterocycles. The van der Waals surface area contributed by atoms with E-state index in [9.17, 15) is 17.2 Å². The minimum absolute atomic E-state index is 0.190. The second-order valence-electron chi connectivity index (χ2n) is 5.67. The molecule has 0 saturated carbocycles. The largest absolute Gasteiger partial charge is 0.497 e. The molecule has 1 saturated heterocycles. The van der Waals surface area contributed by atoms with Crippen LogP contribution in [0.25, 0.3) is 0 Å². The van der Waals surface area contributed by atoms with Crippen molar-refractivity contribution in [1.29, 1.82) is 0 Å². The summed E-state index contributed by atoms with van der Waals surface area (Å²) >= 11 is 0. The van der Waals surface area contributed by atoms with Gasteiger partial charge in [0.05, 0.1) is 7.11 Å². The molecule has 0 amide bonds. The number of benzene rings is 2. The van der Waals surface area contributed by atoms with Crippen molar-refractivity contribution in [2.75, 3.05) is 38.2 Å². The van der Waals surface area contributed by atoms with Gasteiger partial charge in [-0.2, -0.15) is 4.31 Å². The summed E-state index contributed by atoms with van der Waals surface area (Å²) in [4.78, 5) is 1.40. The van der Waals surface area contributed by atoms with Gasteiger partial charge >= 0.3 is 0 Å². The molecular weight excluding hydrogens is 350 g/mol. The first-order valence-electron chi connectivity index (χ1n) is 7.76. The molecule has 1 fully saturated rings. The van der Waals surface area contributed by atoms with Crippen LogP contribution in [0.5, 0.6) is 5.75 Å². The van der Waals surface area contributed by atoms with Crippen LogP contribution in [0.2, 0.25) is 0 Å². The number of anilines is 1. The van der Waals surface area contributed by atoms with E-state index in [-0.39, 0.29) is 13.1 Å². The van der Waals surface area contributed by atoms with E-state index in [1.165, 1.54) is 4.31 Å². The molecule has 25 heavy (non-hydrogen) atoms. The van der Waals surface area contributed by atoms with Crippen molar-refractivity contribution in [3.8, 4) is 5.75 Å². The SMILES string of the molecule is COc1cccc(N2CCN(S(=O)(=O)c3cc(F)ccc3F)CC2)c1. The van der Waals surface area contributed by atoms with E-state index >= 15 is 0 Å². The number of methoxy groups -OCH3 is 1. The van der Waals surface area contributed by atoms with Gasteiger partial charge in [0.1, 0.15) is 22.3 Å². The normalized spacial score (nSPS) is 16.0. The Morgan fingerprint density at radius 1 is 1.00 bits per heavy atom. The lowest BCUT2D eigenvalue weighted by Crippen LogP contribution is -2.48. The van der Waals surface area contributed by atoms with E-state index in [1.54, 1.807) is 7.11 Å². The first kappa shape index (κ1) is 17.6. The smallest absolute Gasteiger partial charge is 0.246 e. The molecule has 134 valence electrons. The van der Waals surface area contributed by atoms with Crippen LogP contribution in [0.1, 0.15) is 0 Å². The number of hydrogen-bond acceptors (Lipinski definition) is 4. The second kappa shape index (κ2) is 6.97. The summed E-state index contributed by atoms with van der Waals surface area (Å²) < 4.78 is 58.7. The van der Waals surface area contributed by atoms with Gasteiger partial charge in [-0.1, -0.05) is 6.07 Å². The first-order chi connectivity index (χ1) is 11.9. The highest BCUT2D eigenvalue weighted by Crippen LogP contribution is 2.25. The summed E-state index contributed by atoms with van der Waals surface area (Å²) in [5.41, 5.74) is 0.924. The Morgan fingerprint density at radius 3 is 2.40 bits per heavy atom. The summed E-state index contributed by atoms with van der Waals surface area (Å²) in [6.07, 6.45) is 0. The third-order valence-electron chi connectivity index (χ3n) is 4.17. The maximum Gasteiger partial charge on any atom is 0.246 e. The number of rotatable bonds is 4. The molecule has 0 spiro atoms. The number of ether oxygens (including phenoxy) is 1. The monoisotopic (exact) mass is 368 g/mol. The molecular formula is C17H18F2N2O3S. The molecule has 0 aliphatic carbocycles. The van der Waals surface area contributed by atoms with Crippen molar-refractivity contribution in [2.24, 2.45) is 0 Å². The van der Waals surface area contributed by atoms with Crippen LogP contribution in [-0.2, 0) is 10.0 Å². The molecule has 2 aromatic carbocycles. The summed E-state index contributed by atoms with van der Waals surface area (Å²) in [7, 11) is -2.49. The van der Waals surface area contributed by atoms with Crippen molar-refractivity contribution in [1.82, 2.24) is 4.31 Å². The standard InChI is InChI=1S/C17H18F2N2O3S/c1-24-15-4-2-3-14(12-15)20-7-9-21(10-8-20)25(22,23)17-11-13(18)5-6-16(17)19/h2-6,11-12H,7-10H2,1H3. The molecule has 0 atom stereocenters. The van der Waals surface area contributed by atoms with Crippen molar-refractivity contribution in [3.05, 3.63) is 54.1 Å². The Hall–Kier alpha value is -2.19. The van der Waals surface area contributed by atoms with Gasteiger partial charge in [0.2, 0.25) is 10.0 Å². The molecule has 0 aromatic heterocycles. The molecule has 2 aromatic rings. The topological polar surface area (TPSA) is 49.9 Å². The van der Waals surface area contributed by atoms with Crippen LogP contribution >= 0.6 is 0 Å². The van der Waals surface area contributed by atoms with Crippen LogP contribution in [0.3, 0.4) is 0 Å². The Balaban J connectivity index is 1.76. The third kappa shape index (κ3) is 3.59. The fourth-order valence-corrected chi connectivity index (χ4v) is 4.31. The lowest BCUT2D eigenvalue weighted by Gasteiger charge is -2.35. The van der Waals surface area contributed by atoms with Crippen molar-refractivity contribution in [2.45, 2.75) is 4.90 Å². The van der Waals surface area contributed by atoms with Gasteiger partial charge in [-0.3, -0.25) is 0 Å². The van der Waals surface area contributed by atoms with Gasteiger partial charge in [0.15, 0.2) is 0 Å². The molecule has 0 N–H and O–H groups in total. The van der Waals surface area contributed by atoms with Crippen LogP contribution in [-0.4, -0.2) is 46.0 Å². The minimum Gasteiger partial charge on any atom is -0.497 e. The van der Waals surface area contributed by atoms with Gasteiger partial charge in [0, 0.05) is 37.9 Å². The summed E-state index contributed by atoms with van der Waals surface area (Å²) in [5.74, 6) is -1.01. The van der Waals surface area contributed by atoms with Crippen molar-refractivity contribution < 1.29 is 21.9 Å². The third-order valence-corrected chi connectivity index (χ3v) is 6.08. The Morgan fingerprint density at radius 2 is 1.72 bits per heavy atom. The van der Waals surface area contributed by atoms with E-state index in [4.69, 9.17) is 4.74 Å². The van der Waals surface area contributed by atoms with Gasteiger partial charge in [-0.15, -0.1) is 0 Å². The number of halogens is 2. The summed E-state index contributed by atoms with van der Waals surface area (Å²) in [6, 6.07) is 9.93. The molecule has 8 heteroatoms. The lowest BCUT2D eigenvalue weighted by atomic mass is 10.2. The fourth-order valence-electron chi connectivity index (χ4n) is 2.81. The molecule has 0 unspecified atom stereocenters. The zero-order valence-electron chi connectivity index (χ0n) is 13.7. The van der Waals surface area contributed by atoms with Gasteiger partial charge in [-0.05, 0) is 30.3 Å². The van der Waals surface area contributed by atoms with Crippen LogP contribution in [0.15, 0.2) is 47.4 Å². The highest BCUT2D eigenvalue weighted by atomic mass is 32.2. The van der Waals surface area contributed by atoms with E-state index in [2.05, 4.69) is 0 Å². The molecule has 0 radical (unpaired) electrons. The molecule has 1 heterocycles.